The fraction of sp³-hybridized carbons (Fsp3) is 1.00. The first-order valence-electron chi connectivity index (χ1n) is 4.51. The van der Waals surface area contributed by atoms with Crippen LogP contribution in [0.3, 0.4) is 0 Å². The standard InChI is InChI=1S/C7H15NO5S2/c1-8(2-4-13-5-3-8)6-14(9)7-15(10,11)12/h2-7H2,1H3. The van der Waals surface area contributed by atoms with Gasteiger partial charge in [0.2, 0.25) is 0 Å². The van der Waals surface area contributed by atoms with Crippen LogP contribution in [0.5, 0.6) is 0 Å². The summed E-state index contributed by atoms with van der Waals surface area (Å²) >= 11 is 0. The van der Waals surface area contributed by atoms with Crippen LogP contribution < -0.4 is 0 Å². The molecule has 0 N–H and O–H groups in total. The highest BCUT2D eigenvalue weighted by Crippen LogP contribution is 2.09. The minimum atomic E-state index is -4.39. The highest BCUT2D eigenvalue weighted by atomic mass is 32.3. The van der Waals surface area contributed by atoms with Crippen molar-refractivity contribution in [2.45, 2.75) is 0 Å². The van der Waals surface area contributed by atoms with Gasteiger partial charge >= 0.3 is 0 Å². The maximum atomic E-state index is 11.4. The van der Waals surface area contributed by atoms with E-state index in [1.807, 2.05) is 7.05 Å². The van der Waals surface area contributed by atoms with E-state index < -0.39 is 26.0 Å². The van der Waals surface area contributed by atoms with E-state index in [1.54, 1.807) is 0 Å². The van der Waals surface area contributed by atoms with Gasteiger partial charge in [-0.25, -0.2) is 8.42 Å². The monoisotopic (exact) mass is 257 g/mol. The van der Waals surface area contributed by atoms with Crippen molar-refractivity contribution in [3.63, 3.8) is 0 Å². The molecule has 15 heavy (non-hydrogen) atoms. The number of nitrogens with zero attached hydrogens (tertiary/aromatic N) is 1. The van der Waals surface area contributed by atoms with Crippen LogP contribution in [0.15, 0.2) is 0 Å². The Bertz CT molecular complexity index is 333. The Morgan fingerprint density at radius 1 is 1.40 bits per heavy atom. The highest BCUT2D eigenvalue weighted by Gasteiger charge is 2.27. The Kier molecular flexibility index (Phi) is 4.24. The minimum Gasteiger partial charge on any atom is -0.747 e. The van der Waals surface area contributed by atoms with Gasteiger partial charge in [-0.05, 0) is 0 Å². The molecule has 1 fully saturated rings. The molecular formula is C7H15NO5S2. The fourth-order valence-electron chi connectivity index (χ4n) is 1.46. The second kappa shape index (κ2) is 4.88. The summed E-state index contributed by atoms with van der Waals surface area (Å²) in [5, 5.41) is -0.790. The van der Waals surface area contributed by atoms with E-state index in [0.717, 1.165) is 0 Å². The third kappa shape index (κ3) is 5.03. The van der Waals surface area contributed by atoms with Gasteiger partial charge in [0.25, 0.3) is 0 Å². The molecule has 1 heterocycles. The van der Waals surface area contributed by atoms with Crippen molar-refractivity contribution in [2.75, 3.05) is 44.3 Å². The van der Waals surface area contributed by atoms with E-state index >= 15 is 0 Å². The normalized spacial score (nSPS) is 23.6. The van der Waals surface area contributed by atoms with Gasteiger partial charge in [-0.1, -0.05) is 0 Å². The molecule has 1 aliphatic rings. The topological polar surface area (TPSA) is 83.5 Å². The van der Waals surface area contributed by atoms with Crippen LogP contribution in [-0.4, -0.2) is 66.0 Å². The first-order chi connectivity index (χ1) is 6.81. The van der Waals surface area contributed by atoms with Gasteiger partial charge in [0.05, 0.1) is 31.1 Å². The summed E-state index contributed by atoms with van der Waals surface area (Å²) in [5.74, 6) is 0.199. The van der Waals surface area contributed by atoms with Gasteiger partial charge in [0.15, 0.2) is 5.88 Å². The maximum Gasteiger partial charge on any atom is 0.155 e. The van der Waals surface area contributed by atoms with Gasteiger partial charge in [0.1, 0.15) is 28.3 Å². The van der Waals surface area contributed by atoms with Crippen LogP contribution in [0, 0.1) is 0 Å². The molecule has 1 saturated heterocycles. The van der Waals surface area contributed by atoms with E-state index in [4.69, 9.17) is 4.74 Å². The van der Waals surface area contributed by atoms with E-state index in [-0.39, 0.29) is 5.88 Å². The Morgan fingerprint density at radius 2 is 1.93 bits per heavy atom. The molecule has 90 valence electrons. The van der Waals surface area contributed by atoms with Gasteiger partial charge in [-0.15, -0.1) is 0 Å². The van der Waals surface area contributed by atoms with E-state index in [9.17, 15) is 17.2 Å². The number of likely N-dealkylation sites (N-methyl/N-ethyl adjacent to an activating group) is 1. The molecule has 0 saturated carbocycles. The van der Waals surface area contributed by atoms with E-state index in [2.05, 4.69) is 0 Å². The van der Waals surface area contributed by atoms with Gasteiger partial charge < -0.3 is 13.8 Å². The smallest absolute Gasteiger partial charge is 0.155 e. The molecule has 6 nitrogen and oxygen atoms in total. The van der Waals surface area contributed by atoms with Crippen molar-refractivity contribution in [3.05, 3.63) is 0 Å². The average Bonchev–Trinajstić information content (AvgIpc) is 1.99. The molecule has 0 radical (unpaired) electrons. The number of hydrogen-bond acceptors (Lipinski definition) is 5. The minimum absolute atomic E-state index is 0.199. The third-order valence-electron chi connectivity index (χ3n) is 2.28. The van der Waals surface area contributed by atoms with Crippen LogP contribution >= 0.6 is 0 Å². The fourth-order valence-corrected chi connectivity index (χ4v) is 4.00. The zero-order valence-electron chi connectivity index (χ0n) is 8.55. The third-order valence-corrected chi connectivity index (χ3v) is 5.40. The second-order valence-corrected chi connectivity index (χ2v) is 7.12. The summed E-state index contributed by atoms with van der Waals surface area (Å²) < 4.78 is 48.3. The summed E-state index contributed by atoms with van der Waals surface area (Å²) in [6.45, 7) is 2.56. The molecular weight excluding hydrogens is 242 g/mol. The molecule has 0 aliphatic carbocycles. The maximum absolute atomic E-state index is 11.4. The van der Waals surface area contributed by atoms with Crippen molar-refractivity contribution in [1.82, 2.24) is 0 Å². The lowest BCUT2D eigenvalue weighted by molar-refractivity contribution is -0.905. The number of ether oxygens (including phenoxy) is 1. The van der Waals surface area contributed by atoms with Crippen LogP contribution in [0.1, 0.15) is 0 Å². The predicted octanol–water partition coefficient (Wildman–Crippen LogP) is -1.33. The summed E-state index contributed by atoms with van der Waals surface area (Å²) in [7, 11) is -4.12. The van der Waals surface area contributed by atoms with Crippen LogP contribution in [-0.2, 0) is 25.7 Å². The lowest BCUT2D eigenvalue weighted by Crippen LogP contribution is -2.53. The number of hydrogen-bond donors (Lipinski definition) is 0. The molecule has 1 unspecified atom stereocenters. The molecule has 0 aromatic heterocycles. The first-order valence-corrected chi connectivity index (χ1v) is 7.57. The van der Waals surface area contributed by atoms with Gasteiger partial charge in [-0.2, -0.15) is 0 Å². The Hall–Kier alpha value is -0.0200. The Morgan fingerprint density at radius 3 is 2.40 bits per heavy atom. The molecule has 1 atom stereocenters. The number of quaternary nitrogens is 1. The first kappa shape index (κ1) is 13.0. The summed E-state index contributed by atoms with van der Waals surface area (Å²) in [6, 6.07) is 0. The van der Waals surface area contributed by atoms with Crippen LogP contribution in [0.4, 0.5) is 0 Å². The van der Waals surface area contributed by atoms with Crippen molar-refractivity contribution in [3.8, 4) is 0 Å². The zero-order valence-corrected chi connectivity index (χ0v) is 10.2. The Balaban J connectivity index is 2.49. The van der Waals surface area contributed by atoms with Crippen LogP contribution in [0.25, 0.3) is 0 Å². The molecule has 0 aromatic rings. The quantitative estimate of drug-likeness (QED) is 0.460. The summed E-state index contributed by atoms with van der Waals surface area (Å²) in [5.41, 5.74) is 0. The molecule has 0 bridgehead atoms. The second-order valence-electron chi connectivity index (χ2n) is 3.92. The highest BCUT2D eigenvalue weighted by molar-refractivity contribution is 8.02. The molecule has 0 aromatic carbocycles. The van der Waals surface area contributed by atoms with Crippen molar-refractivity contribution in [1.29, 1.82) is 0 Å². The summed E-state index contributed by atoms with van der Waals surface area (Å²) in [6.07, 6.45) is 0. The van der Waals surface area contributed by atoms with Gasteiger partial charge in [-0.3, -0.25) is 4.21 Å². The molecule has 0 amide bonds. The lowest BCUT2D eigenvalue weighted by Gasteiger charge is -2.36. The van der Waals surface area contributed by atoms with Crippen molar-refractivity contribution in [2.24, 2.45) is 0 Å². The molecule has 1 rings (SSSR count). The van der Waals surface area contributed by atoms with Crippen LogP contribution in [0.2, 0.25) is 0 Å². The SMILES string of the molecule is C[N+]1(CS(=O)CS(=O)(=O)[O-])CCOCC1. The predicted molar refractivity (Wildman–Crippen MR) is 54.3 cm³/mol. The van der Waals surface area contributed by atoms with Gasteiger partial charge in [0, 0.05) is 0 Å². The van der Waals surface area contributed by atoms with Crippen molar-refractivity contribution < 1.29 is 26.4 Å². The van der Waals surface area contributed by atoms with Crippen molar-refractivity contribution >= 4 is 20.9 Å². The lowest BCUT2D eigenvalue weighted by atomic mass is 10.4. The summed E-state index contributed by atoms with van der Waals surface area (Å²) in [4.78, 5) is 0. The number of rotatable bonds is 4. The van der Waals surface area contributed by atoms with E-state index in [1.165, 1.54) is 0 Å². The number of morpholine rings is 1. The zero-order chi connectivity index (χ0) is 11.5. The average molecular weight is 257 g/mol. The molecule has 8 heteroatoms. The molecule has 0 spiro atoms. The molecule has 1 aliphatic heterocycles. The largest absolute Gasteiger partial charge is 0.747 e. The van der Waals surface area contributed by atoms with E-state index in [0.29, 0.717) is 30.8 Å². The Labute approximate surface area is 92.0 Å².